The highest BCUT2D eigenvalue weighted by atomic mass is 16.4. The Balaban J connectivity index is 3.41. The van der Waals surface area contributed by atoms with E-state index in [1.54, 1.807) is 6.21 Å². The summed E-state index contributed by atoms with van der Waals surface area (Å²) >= 11 is 0. The lowest BCUT2D eigenvalue weighted by molar-refractivity contribution is -0.152. The van der Waals surface area contributed by atoms with E-state index in [1.165, 1.54) is 17.3 Å². The maximum Gasteiger partial charge on any atom is 0.501 e. The first-order valence-corrected chi connectivity index (χ1v) is 11.5. The van der Waals surface area contributed by atoms with Crippen LogP contribution in [0, 0.1) is 17.8 Å². The number of nitrogens with one attached hydrogen (secondary N) is 1. The molecule has 0 saturated carbocycles. The molecule has 0 spiro atoms. The number of rotatable bonds is 13. The molecular weight excluding hydrogens is 425 g/mol. The molecule has 0 radical (unpaired) electrons. The molecule has 3 amide bonds. The van der Waals surface area contributed by atoms with Crippen LogP contribution in [0.3, 0.4) is 0 Å². The van der Waals surface area contributed by atoms with Crippen LogP contribution in [0.2, 0.25) is 0 Å². The lowest BCUT2D eigenvalue weighted by Crippen LogP contribution is -2.72. The van der Waals surface area contributed by atoms with Crippen molar-refractivity contribution in [2.75, 3.05) is 6.54 Å². The molecule has 1 aliphatic heterocycles. The van der Waals surface area contributed by atoms with Gasteiger partial charge in [0.25, 0.3) is 5.91 Å². The molecule has 0 bridgehead atoms. The predicted molar refractivity (Wildman–Crippen MR) is 128 cm³/mol. The normalized spacial score (nSPS) is 17.2. The minimum absolute atomic E-state index is 0.00893. The first kappa shape index (κ1) is 28.8. The molecular formula is C22H40BN5O5. The van der Waals surface area contributed by atoms with Gasteiger partial charge < -0.3 is 26.0 Å². The van der Waals surface area contributed by atoms with E-state index in [0.717, 1.165) is 4.90 Å². The molecule has 0 aromatic carbocycles. The van der Waals surface area contributed by atoms with Gasteiger partial charge in [0.2, 0.25) is 12.3 Å². The van der Waals surface area contributed by atoms with E-state index >= 15 is 0 Å². The molecule has 1 aliphatic rings. The van der Waals surface area contributed by atoms with Gasteiger partial charge in [0.1, 0.15) is 6.04 Å². The molecule has 0 aromatic heterocycles. The Morgan fingerprint density at radius 3 is 2.21 bits per heavy atom. The van der Waals surface area contributed by atoms with Crippen LogP contribution in [-0.4, -0.2) is 75.6 Å². The summed E-state index contributed by atoms with van der Waals surface area (Å²) in [6, 6.07) is -1.86. The second kappa shape index (κ2) is 12.9. The molecule has 186 valence electrons. The number of nitrogens with two attached hydrogens (primary N) is 1. The summed E-state index contributed by atoms with van der Waals surface area (Å²) in [7, 11) is -2.07. The highest BCUT2D eigenvalue weighted by molar-refractivity contribution is 6.46. The summed E-state index contributed by atoms with van der Waals surface area (Å²) in [4.78, 5) is 45.1. The topological polar surface area (TPSA) is 149 Å². The Hall–Kier alpha value is -2.24. The fraction of sp³-hybridized carbons (Fsp3) is 0.727. The summed E-state index contributed by atoms with van der Waals surface area (Å²) in [5.74, 6) is -1.13. The molecule has 1 heterocycles. The minimum atomic E-state index is -2.07. The molecule has 3 atom stereocenters. The van der Waals surface area contributed by atoms with Gasteiger partial charge in [-0.25, -0.2) is 0 Å². The van der Waals surface area contributed by atoms with Crippen LogP contribution in [0.25, 0.3) is 0 Å². The highest BCUT2D eigenvalue weighted by Gasteiger charge is 2.54. The lowest BCUT2D eigenvalue weighted by Gasteiger charge is -2.49. The quantitative estimate of drug-likeness (QED) is 0.228. The molecule has 0 saturated heterocycles. The van der Waals surface area contributed by atoms with Crippen molar-refractivity contribution in [3.63, 3.8) is 0 Å². The van der Waals surface area contributed by atoms with Gasteiger partial charge in [0.05, 0.1) is 12.6 Å². The van der Waals surface area contributed by atoms with Crippen molar-refractivity contribution in [1.29, 1.82) is 0 Å². The fourth-order valence-corrected chi connectivity index (χ4v) is 4.08. The van der Waals surface area contributed by atoms with E-state index in [0.29, 0.717) is 12.8 Å². The maximum absolute atomic E-state index is 13.7. The van der Waals surface area contributed by atoms with Gasteiger partial charge in [-0.2, -0.15) is 0 Å². The number of hydrogen-bond donors (Lipinski definition) is 4. The van der Waals surface area contributed by atoms with Crippen molar-refractivity contribution in [1.82, 2.24) is 15.1 Å². The Morgan fingerprint density at radius 1 is 1.18 bits per heavy atom. The zero-order valence-corrected chi connectivity index (χ0v) is 20.6. The van der Waals surface area contributed by atoms with Crippen molar-refractivity contribution >= 4 is 31.6 Å². The number of aliphatic imine (C=N–C) groups is 1. The minimum Gasteiger partial charge on any atom is -0.424 e. The molecule has 10 nitrogen and oxygen atoms in total. The van der Waals surface area contributed by atoms with Gasteiger partial charge in [-0.15, -0.1) is 0 Å². The third-order valence-corrected chi connectivity index (χ3v) is 5.48. The third-order valence-electron chi connectivity index (χ3n) is 5.48. The zero-order chi connectivity index (χ0) is 25.3. The van der Waals surface area contributed by atoms with Crippen molar-refractivity contribution in [3.8, 4) is 0 Å². The number of amides is 3. The molecule has 1 rings (SSSR count). The van der Waals surface area contributed by atoms with Crippen molar-refractivity contribution < 1.29 is 24.4 Å². The number of imide groups is 1. The Labute approximate surface area is 197 Å². The Bertz CT molecular complexity index is 728. The van der Waals surface area contributed by atoms with Gasteiger partial charge in [-0.3, -0.25) is 24.3 Å². The summed E-state index contributed by atoms with van der Waals surface area (Å²) < 4.78 is 0. The summed E-state index contributed by atoms with van der Waals surface area (Å²) in [5, 5.41) is 23.7. The SMILES string of the molecule is CC(C)C[C@H](NC(=O)[C@@H](N)CC(C)C)C(=O)N(C=O)[C@](CC(C)C)(B(O)O)N1C=CN=CC1. The average Bonchev–Trinajstić information content (AvgIpc) is 2.72. The largest absolute Gasteiger partial charge is 0.501 e. The molecule has 0 aliphatic carbocycles. The van der Waals surface area contributed by atoms with Gasteiger partial charge in [0, 0.05) is 18.6 Å². The standard InChI is InChI=1S/C22H40BN5O5/c1-15(2)11-18(24)20(30)26-19(12-16(3)4)21(31)28(14-29)22(23(32)33,13-17(5)6)27-9-7-25-8-10-27/h7-9,14-19,32-33H,10-13,24H2,1-6H3,(H,26,30)/t18-,19-,22+/m0/s1. The van der Waals surface area contributed by atoms with E-state index in [1.807, 2.05) is 41.5 Å². The summed E-state index contributed by atoms with van der Waals surface area (Å²) in [6.07, 6.45) is 5.59. The lowest BCUT2D eigenvalue weighted by atomic mass is 9.65. The number of carbonyl (C=O) groups excluding carboxylic acids is 3. The van der Waals surface area contributed by atoms with Gasteiger partial charge in [0.15, 0.2) is 5.56 Å². The van der Waals surface area contributed by atoms with Crippen LogP contribution in [-0.2, 0) is 14.4 Å². The first-order valence-electron chi connectivity index (χ1n) is 11.5. The summed E-state index contributed by atoms with van der Waals surface area (Å²) in [6.45, 7) is 11.5. The van der Waals surface area contributed by atoms with Crippen molar-refractivity contribution in [2.24, 2.45) is 28.5 Å². The second-order valence-electron chi connectivity index (χ2n) is 9.87. The number of nitrogens with zero attached hydrogens (tertiary/aromatic N) is 3. The van der Waals surface area contributed by atoms with E-state index in [-0.39, 0.29) is 37.1 Å². The third kappa shape index (κ3) is 7.65. The van der Waals surface area contributed by atoms with Crippen LogP contribution in [0.15, 0.2) is 17.4 Å². The molecule has 0 fully saturated rings. The number of carbonyl (C=O) groups is 3. The Morgan fingerprint density at radius 2 is 1.79 bits per heavy atom. The van der Waals surface area contributed by atoms with Crippen LogP contribution < -0.4 is 11.1 Å². The second-order valence-corrected chi connectivity index (χ2v) is 9.87. The molecule has 0 unspecified atom stereocenters. The smallest absolute Gasteiger partial charge is 0.424 e. The van der Waals surface area contributed by atoms with Gasteiger partial charge in [-0.05, 0) is 37.0 Å². The van der Waals surface area contributed by atoms with Crippen LogP contribution in [0.4, 0.5) is 0 Å². The van der Waals surface area contributed by atoms with E-state index < -0.39 is 36.6 Å². The molecule has 0 aromatic rings. The van der Waals surface area contributed by atoms with E-state index in [2.05, 4.69) is 10.3 Å². The van der Waals surface area contributed by atoms with Gasteiger partial charge >= 0.3 is 7.12 Å². The monoisotopic (exact) mass is 465 g/mol. The van der Waals surface area contributed by atoms with Gasteiger partial charge in [-0.1, -0.05) is 41.5 Å². The predicted octanol–water partition coefficient (Wildman–Crippen LogP) is 0.488. The molecule has 11 heteroatoms. The fourth-order valence-electron chi connectivity index (χ4n) is 4.08. The Kier molecular flexibility index (Phi) is 11.2. The summed E-state index contributed by atoms with van der Waals surface area (Å²) in [5.41, 5.74) is 4.22. The highest BCUT2D eigenvalue weighted by Crippen LogP contribution is 2.31. The van der Waals surface area contributed by atoms with Crippen molar-refractivity contribution in [2.45, 2.75) is 78.5 Å². The maximum atomic E-state index is 13.7. The van der Waals surface area contributed by atoms with Crippen LogP contribution in [0.5, 0.6) is 0 Å². The zero-order valence-electron chi connectivity index (χ0n) is 20.6. The van der Waals surface area contributed by atoms with E-state index in [9.17, 15) is 24.4 Å². The number of hydrogen-bond acceptors (Lipinski definition) is 8. The first-order chi connectivity index (χ1) is 15.4. The van der Waals surface area contributed by atoms with Crippen molar-refractivity contribution in [3.05, 3.63) is 12.4 Å². The van der Waals surface area contributed by atoms with E-state index in [4.69, 9.17) is 5.73 Å². The molecule has 33 heavy (non-hydrogen) atoms. The van der Waals surface area contributed by atoms with Crippen LogP contribution in [0.1, 0.15) is 60.8 Å². The molecule has 5 N–H and O–H groups in total. The van der Waals surface area contributed by atoms with Crippen LogP contribution >= 0.6 is 0 Å². The average molecular weight is 465 g/mol.